The molecule has 3 rings (SSSR count). The molecule has 2 heterocycles. The number of carbonyl (C=O) groups excluding carboxylic acids is 1. The van der Waals surface area contributed by atoms with E-state index in [9.17, 15) is 4.79 Å². The number of amides is 1. The SMILES string of the molecule is COc1nn(C)cc1-c1nnc(SCC(=O)NCc2ccc(C)cc2)n1C. The molecule has 2 aromatic heterocycles. The molecule has 142 valence electrons. The molecule has 0 saturated heterocycles. The molecule has 27 heavy (non-hydrogen) atoms. The summed E-state index contributed by atoms with van der Waals surface area (Å²) in [5, 5.41) is 16.2. The van der Waals surface area contributed by atoms with Gasteiger partial charge in [-0.25, -0.2) is 0 Å². The van der Waals surface area contributed by atoms with Crippen molar-refractivity contribution in [2.75, 3.05) is 12.9 Å². The molecule has 0 radical (unpaired) electrons. The Labute approximate surface area is 161 Å². The largest absolute Gasteiger partial charge is 0.479 e. The number of hydrogen-bond donors (Lipinski definition) is 1. The fourth-order valence-electron chi connectivity index (χ4n) is 2.54. The summed E-state index contributed by atoms with van der Waals surface area (Å²) in [6, 6.07) is 8.09. The predicted octanol–water partition coefficient (Wildman–Crippen LogP) is 1.94. The van der Waals surface area contributed by atoms with Gasteiger partial charge in [-0.05, 0) is 12.5 Å². The van der Waals surface area contributed by atoms with E-state index in [1.165, 1.54) is 17.3 Å². The molecular formula is C18H22N6O2S. The predicted molar refractivity (Wildman–Crippen MR) is 104 cm³/mol. The number of aromatic nitrogens is 5. The van der Waals surface area contributed by atoms with Crippen molar-refractivity contribution in [2.45, 2.75) is 18.6 Å². The molecule has 8 nitrogen and oxygen atoms in total. The number of benzene rings is 1. The van der Waals surface area contributed by atoms with Gasteiger partial charge in [0.05, 0.1) is 12.9 Å². The molecule has 1 aromatic carbocycles. The Hall–Kier alpha value is -2.81. The topological polar surface area (TPSA) is 86.9 Å². The first-order chi connectivity index (χ1) is 13.0. The van der Waals surface area contributed by atoms with Crippen molar-refractivity contribution in [3.8, 4) is 17.3 Å². The Kier molecular flexibility index (Phi) is 5.80. The molecule has 0 fully saturated rings. The molecule has 0 saturated carbocycles. The molecule has 0 aliphatic rings. The van der Waals surface area contributed by atoms with E-state index in [4.69, 9.17) is 4.74 Å². The Morgan fingerprint density at radius 1 is 1.22 bits per heavy atom. The number of rotatable bonds is 7. The third-order valence-corrected chi connectivity index (χ3v) is 5.03. The van der Waals surface area contributed by atoms with Crippen LogP contribution in [0.5, 0.6) is 5.88 Å². The smallest absolute Gasteiger partial charge is 0.243 e. The molecule has 0 bridgehead atoms. The van der Waals surface area contributed by atoms with E-state index >= 15 is 0 Å². The first-order valence-electron chi connectivity index (χ1n) is 8.40. The highest BCUT2D eigenvalue weighted by Gasteiger charge is 2.18. The van der Waals surface area contributed by atoms with Gasteiger partial charge in [0, 0.05) is 26.8 Å². The van der Waals surface area contributed by atoms with Gasteiger partial charge in [0.25, 0.3) is 0 Å². The lowest BCUT2D eigenvalue weighted by atomic mass is 10.1. The van der Waals surface area contributed by atoms with Gasteiger partial charge in [-0.2, -0.15) is 0 Å². The minimum Gasteiger partial charge on any atom is -0.479 e. The summed E-state index contributed by atoms with van der Waals surface area (Å²) in [6.07, 6.45) is 1.82. The van der Waals surface area contributed by atoms with Crippen molar-refractivity contribution in [1.29, 1.82) is 0 Å². The van der Waals surface area contributed by atoms with E-state index in [2.05, 4.69) is 20.6 Å². The van der Waals surface area contributed by atoms with Gasteiger partial charge < -0.3 is 14.6 Å². The van der Waals surface area contributed by atoms with E-state index in [1.54, 1.807) is 11.8 Å². The number of methoxy groups -OCH3 is 1. The molecule has 3 aromatic rings. The second-order valence-electron chi connectivity index (χ2n) is 6.14. The van der Waals surface area contributed by atoms with Gasteiger partial charge in [-0.1, -0.05) is 41.6 Å². The van der Waals surface area contributed by atoms with Gasteiger partial charge >= 0.3 is 0 Å². The lowest BCUT2D eigenvalue weighted by Crippen LogP contribution is -2.24. The van der Waals surface area contributed by atoms with Crippen LogP contribution in [0.25, 0.3) is 11.4 Å². The number of thioether (sulfide) groups is 1. The summed E-state index contributed by atoms with van der Waals surface area (Å²) < 4.78 is 8.77. The van der Waals surface area contributed by atoms with Crippen LogP contribution in [0.3, 0.4) is 0 Å². The van der Waals surface area contributed by atoms with Gasteiger partial charge in [0.15, 0.2) is 11.0 Å². The summed E-state index contributed by atoms with van der Waals surface area (Å²) in [5.74, 6) is 1.34. The maximum Gasteiger partial charge on any atom is 0.243 e. The van der Waals surface area contributed by atoms with E-state index in [-0.39, 0.29) is 11.7 Å². The van der Waals surface area contributed by atoms with Crippen LogP contribution >= 0.6 is 11.8 Å². The lowest BCUT2D eigenvalue weighted by molar-refractivity contribution is -0.118. The number of nitrogens with one attached hydrogen (secondary N) is 1. The molecule has 0 aliphatic heterocycles. The second-order valence-corrected chi connectivity index (χ2v) is 7.08. The molecule has 1 amide bonds. The van der Waals surface area contributed by atoms with Crippen molar-refractivity contribution in [1.82, 2.24) is 29.9 Å². The van der Waals surface area contributed by atoms with Crippen LogP contribution in [0.2, 0.25) is 0 Å². The first-order valence-corrected chi connectivity index (χ1v) is 9.39. The number of ether oxygens (including phenoxy) is 1. The van der Waals surface area contributed by atoms with Crippen molar-refractivity contribution >= 4 is 17.7 Å². The molecule has 0 spiro atoms. The van der Waals surface area contributed by atoms with E-state index < -0.39 is 0 Å². The Bertz CT molecular complexity index is 932. The van der Waals surface area contributed by atoms with Gasteiger partial charge in [-0.3, -0.25) is 9.48 Å². The Morgan fingerprint density at radius 2 is 1.96 bits per heavy atom. The van der Waals surface area contributed by atoms with Gasteiger partial charge in [0.2, 0.25) is 11.8 Å². The average Bonchev–Trinajstić information content (AvgIpc) is 3.21. The zero-order valence-electron chi connectivity index (χ0n) is 15.8. The lowest BCUT2D eigenvalue weighted by Gasteiger charge is -2.06. The van der Waals surface area contributed by atoms with Crippen LogP contribution in [0, 0.1) is 6.92 Å². The molecule has 9 heteroatoms. The summed E-state index contributed by atoms with van der Waals surface area (Å²) in [5.41, 5.74) is 3.03. The van der Waals surface area contributed by atoms with Gasteiger partial charge in [0.1, 0.15) is 5.56 Å². The van der Waals surface area contributed by atoms with Crippen molar-refractivity contribution in [3.63, 3.8) is 0 Å². The number of carbonyl (C=O) groups is 1. The quantitative estimate of drug-likeness (QED) is 0.625. The van der Waals surface area contributed by atoms with Crippen molar-refractivity contribution in [2.24, 2.45) is 14.1 Å². The second kappa shape index (κ2) is 8.26. The fraction of sp³-hybridized carbons (Fsp3) is 0.333. The van der Waals surface area contributed by atoms with Crippen molar-refractivity contribution < 1.29 is 9.53 Å². The number of aryl methyl sites for hydroxylation is 2. The monoisotopic (exact) mass is 386 g/mol. The van der Waals surface area contributed by atoms with E-state index in [0.29, 0.717) is 23.4 Å². The van der Waals surface area contributed by atoms with Gasteiger partial charge in [-0.15, -0.1) is 15.3 Å². The van der Waals surface area contributed by atoms with Crippen molar-refractivity contribution in [3.05, 3.63) is 41.6 Å². The summed E-state index contributed by atoms with van der Waals surface area (Å²) in [4.78, 5) is 12.1. The van der Waals surface area contributed by atoms with Crippen LogP contribution in [0.15, 0.2) is 35.6 Å². The molecular weight excluding hydrogens is 364 g/mol. The van der Waals surface area contributed by atoms with Crippen LogP contribution in [0.4, 0.5) is 0 Å². The fourth-order valence-corrected chi connectivity index (χ4v) is 3.28. The summed E-state index contributed by atoms with van der Waals surface area (Å²) >= 11 is 1.34. The Morgan fingerprint density at radius 3 is 2.67 bits per heavy atom. The molecule has 0 atom stereocenters. The minimum absolute atomic E-state index is 0.0518. The van der Waals surface area contributed by atoms with E-state index in [0.717, 1.165) is 11.1 Å². The molecule has 1 N–H and O–H groups in total. The summed E-state index contributed by atoms with van der Waals surface area (Å²) in [7, 11) is 5.24. The molecule has 0 aliphatic carbocycles. The zero-order chi connectivity index (χ0) is 19.4. The first kappa shape index (κ1) is 19.0. The maximum absolute atomic E-state index is 12.1. The highest BCUT2D eigenvalue weighted by atomic mass is 32.2. The van der Waals surface area contributed by atoms with Crippen LogP contribution in [-0.4, -0.2) is 43.3 Å². The third kappa shape index (κ3) is 4.48. The number of hydrogen-bond acceptors (Lipinski definition) is 6. The third-order valence-electron chi connectivity index (χ3n) is 4.01. The van der Waals surface area contributed by atoms with Crippen LogP contribution < -0.4 is 10.1 Å². The molecule has 0 unspecified atom stereocenters. The average molecular weight is 386 g/mol. The van der Waals surface area contributed by atoms with Crippen LogP contribution in [0.1, 0.15) is 11.1 Å². The zero-order valence-corrected chi connectivity index (χ0v) is 16.6. The highest BCUT2D eigenvalue weighted by molar-refractivity contribution is 7.99. The Balaban J connectivity index is 1.59. The standard InChI is InChI=1S/C18H22N6O2S/c1-12-5-7-13(8-6-12)9-19-15(25)11-27-18-21-20-16(24(18)3)14-10-23(2)22-17(14)26-4/h5-8,10H,9,11H2,1-4H3,(H,19,25). The summed E-state index contributed by atoms with van der Waals surface area (Å²) in [6.45, 7) is 2.55. The minimum atomic E-state index is -0.0518. The number of nitrogens with zero attached hydrogens (tertiary/aromatic N) is 5. The normalized spacial score (nSPS) is 10.8. The maximum atomic E-state index is 12.1. The van der Waals surface area contributed by atoms with E-state index in [1.807, 2.05) is 56.0 Å². The highest BCUT2D eigenvalue weighted by Crippen LogP contribution is 2.28. The van der Waals surface area contributed by atoms with Crippen LogP contribution in [-0.2, 0) is 25.4 Å².